The molecule has 0 atom stereocenters. The van der Waals surface area contributed by atoms with Gasteiger partial charge in [-0.3, -0.25) is 31.5 Å². The van der Waals surface area contributed by atoms with E-state index >= 15 is 0 Å². The number of hydrazine groups is 1. The second-order valence-corrected chi connectivity index (χ2v) is 4.07. The first-order valence-corrected chi connectivity index (χ1v) is 7.91. The molecule has 0 aliphatic heterocycles. The topological polar surface area (TPSA) is 271 Å². The van der Waals surface area contributed by atoms with Gasteiger partial charge in [-0.05, 0) is 56.9 Å². The third-order valence-corrected chi connectivity index (χ3v) is 1.83. The molecule has 14 nitrogen and oxygen atoms in total. The third-order valence-electron chi connectivity index (χ3n) is 1.83. The van der Waals surface area contributed by atoms with E-state index in [1.54, 1.807) is 4.91 Å². The van der Waals surface area contributed by atoms with Gasteiger partial charge in [-0.1, -0.05) is 26.2 Å². The number of nitrogens with one attached hydrogen (secondary N) is 5. The van der Waals surface area contributed by atoms with Gasteiger partial charge in [0.2, 0.25) is 0 Å². The second kappa shape index (κ2) is 77.5. The average Bonchev–Trinajstić information content (AvgIpc) is 2.59. The molecule has 0 radical (unpaired) electrons. The molecule has 0 bridgehead atoms. The van der Waals surface area contributed by atoms with Crippen LogP contribution in [-0.2, 0) is 0 Å². The van der Waals surface area contributed by atoms with Crippen molar-refractivity contribution in [2.75, 3.05) is 33.7 Å². The van der Waals surface area contributed by atoms with Crippen LogP contribution in [0.1, 0.15) is 45.4 Å². The Balaban J connectivity index is -0.0000000490. The molecule has 0 saturated heterocycles. The zero-order chi connectivity index (χ0) is 21.9. The van der Waals surface area contributed by atoms with E-state index in [1.807, 2.05) is 14.1 Å². The lowest BCUT2D eigenvalue weighted by molar-refractivity contribution is -0.399. The first-order chi connectivity index (χ1) is 12.5. The highest BCUT2D eigenvalue weighted by Crippen LogP contribution is 1.89. The van der Waals surface area contributed by atoms with Crippen LogP contribution >= 0.6 is 0 Å². The molecule has 11 N–H and O–H groups in total. The molecule has 0 fully saturated rings. The molecule has 160 valence electrons. The van der Waals surface area contributed by atoms with Gasteiger partial charge in [0, 0.05) is 17.2 Å². The molecule has 26 heavy (non-hydrogen) atoms. The van der Waals surface area contributed by atoms with Crippen LogP contribution in [0.4, 0.5) is 0 Å². The number of rotatable bonds is 8. The molecule has 0 unspecified atom stereocenters. The predicted octanol–water partition coefficient (Wildman–Crippen LogP) is -1.91. The second-order valence-electron chi connectivity index (χ2n) is 4.07. The van der Waals surface area contributed by atoms with E-state index in [9.17, 15) is 0 Å². The van der Waals surface area contributed by atoms with Gasteiger partial charge in [0.05, 0.1) is 0 Å². The van der Waals surface area contributed by atoms with Gasteiger partial charge in [0.1, 0.15) is 0 Å². The van der Waals surface area contributed by atoms with Crippen LogP contribution in [0.5, 0.6) is 0 Å². The maximum Gasteiger partial charge on any atom is 0.00974 e. The fraction of sp³-hybridized carbons (Fsp3) is 1.00. The van der Waals surface area contributed by atoms with Gasteiger partial charge >= 0.3 is 0 Å². The zero-order valence-corrected chi connectivity index (χ0v) is 16.1. The van der Waals surface area contributed by atoms with Crippen molar-refractivity contribution in [1.82, 2.24) is 10.7 Å². The number of nitrogens with two attached hydrogens (primary N) is 3. The van der Waals surface area contributed by atoms with Gasteiger partial charge in [0.25, 0.3) is 0 Å². The maximum absolute atomic E-state index is 8.12. The van der Waals surface area contributed by atoms with Gasteiger partial charge in [-0.25, -0.2) is 0 Å². The van der Waals surface area contributed by atoms with Crippen molar-refractivity contribution in [2.45, 2.75) is 45.4 Å². The number of unbranched alkanes of at least 4 members (excludes halogenated alkanes) is 4. The lowest BCUT2D eigenvalue weighted by atomic mass is 10.2. The standard InChI is InChI=1S/2C5H14N2.C2H7N.HN3.2HNO2/c1-2-3-4-5-7-6;6-4-2-1-3-5-7;2*1-3-2;2*2-1-3/h7H,2-6H2,1H3;1-7H2;3H,1-2H3;3*1H. The van der Waals surface area contributed by atoms with E-state index in [2.05, 4.69) is 17.7 Å². The number of nitrogens with zero attached hydrogens (tertiary/aromatic N) is 2. The highest BCUT2D eigenvalue weighted by atomic mass is 16.6. The summed E-state index contributed by atoms with van der Waals surface area (Å²) in [6.07, 6.45) is 7.18. The summed E-state index contributed by atoms with van der Waals surface area (Å²) in [5.41, 5.74) is 25.3. The molecule has 14 heteroatoms. The molecular formula is C12H38N10O4. The normalized spacial score (nSPS) is 7.00. The minimum absolute atomic E-state index is 0.250. The lowest BCUT2D eigenvalue weighted by Crippen LogP contribution is -2.53. The fourth-order valence-electron chi connectivity index (χ4n) is 0.943. The van der Waals surface area contributed by atoms with E-state index in [1.165, 1.54) is 25.7 Å². The molecular weight excluding hydrogens is 348 g/mol. The predicted molar refractivity (Wildman–Crippen MR) is 103 cm³/mol. The Bertz CT molecular complexity index is 208. The van der Waals surface area contributed by atoms with Crippen molar-refractivity contribution < 1.29 is 10.7 Å². The van der Waals surface area contributed by atoms with E-state index in [0.717, 1.165) is 32.5 Å². The quantitative estimate of drug-likeness (QED) is 0.0438. The molecule has 0 amide bonds. The summed E-state index contributed by atoms with van der Waals surface area (Å²) in [5, 5.41) is 19.5. The molecule has 0 spiro atoms. The van der Waals surface area contributed by atoms with Gasteiger partial charge in [-0.2, -0.15) is 0 Å². The molecule has 0 aromatic carbocycles. The maximum atomic E-state index is 8.12. The summed E-state index contributed by atoms with van der Waals surface area (Å²) >= 11 is 0. The minimum Gasteiger partial charge on any atom is -0.330 e. The van der Waals surface area contributed by atoms with Crippen LogP contribution in [0.2, 0.25) is 0 Å². The van der Waals surface area contributed by atoms with Crippen LogP contribution in [-0.4, -0.2) is 33.7 Å². The molecule has 0 aliphatic carbocycles. The van der Waals surface area contributed by atoms with E-state index in [4.69, 9.17) is 48.6 Å². The summed E-state index contributed by atoms with van der Waals surface area (Å²) in [6, 6.07) is 0. The molecule has 0 aliphatic rings. The summed E-state index contributed by atoms with van der Waals surface area (Å²) < 4.78 is 0. The summed E-state index contributed by atoms with van der Waals surface area (Å²) in [6.45, 7) is 4.74. The van der Waals surface area contributed by atoms with Crippen LogP contribution in [0.15, 0.2) is 0 Å². The Morgan fingerprint density at radius 2 is 1.31 bits per heavy atom. The Kier molecular flexibility index (Phi) is 117. The highest BCUT2D eigenvalue weighted by Gasteiger charge is 1.80. The van der Waals surface area contributed by atoms with Crippen LogP contribution in [0.3, 0.4) is 0 Å². The van der Waals surface area contributed by atoms with Crippen molar-refractivity contribution in [3.63, 3.8) is 0 Å². The highest BCUT2D eigenvalue weighted by molar-refractivity contribution is 4.41. The van der Waals surface area contributed by atoms with Crippen molar-refractivity contribution in [3.8, 4) is 0 Å². The molecule has 0 aromatic heterocycles. The molecule has 0 saturated carbocycles. The Hall–Kier alpha value is -2.09. The molecule has 0 heterocycles. The first-order valence-electron chi connectivity index (χ1n) is 7.91. The summed E-state index contributed by atoms with van der Waals surface area (Å²) in [7, 11) is 3.75. The smallest absolute Gasteiger partial charge is 0.00974 e. The van der Waals surface area contributed by atoms with Gasteiger partial charge in [-0.15, -0.1) is 5.53 Å². The Labute approximate surface area is 155 Å². The van der Waals surface area contributed by atoms with Gasteiger partial charge in [0.15, 0.2) is 0 Å². The monoisotopic (exact) mass is 386 g/mol. The molecule has 0 rings (SSSR count). The van der Waals surface area contributed by atoms with E-state index in [0.29, 0.717) is 0 Å². The fourth-order valence-corrected chi connectivity index (χ4v) is 0.943. The largest absolute Gasteiger partial charge is 0.330 e. The summed E-state index contributed by atoms with van der Waals surface area (Å²) in [5.74, 6) is 5.02. The Morgan fingerprint density at radius 3 is 1.50 bits per heavy atom. The van der Waals surface area contributed by atoms with Gasteiger partial charge < -0.3 is 16.8 Å². The van der Waals surface area contributed by atoms with Crippen molar-refractivity contribution in [1.29, 1.82) is 5.53 Å². The number of hydrogen-bond acceptors (Lipinski definition) is 10. The van der Waals surface area contributed by atoms with Crippen LogP contribution < -0.4 is 38.7 Å². The Morgan fingerprint density at radius 1 is 1.00 bits per heavy atom. The minimum atomic E-state index is 0.250. The average molecular weight is 387 g/mol. The lowest BCUT2D eigenvalue weighted by Gasteiger charge is -1.93. The van der Waals surface area contributed by atoms with E-state index in [-0.39, 0.29) is 10.7 Å². The molecule has 0 aromatic rings. The number of hydrogen-bond donors (Lipinski definition) is 8. The van der Waals surface area contributed by atoms with Crippen LogP contribution in [0, 0.1) is 25.8 Å². The van der Waals surface area contributed by atoms with E-state index < -0.39 is 0 Å². The van der Waals surface area contributed by atoms with Crippen molar-refractivity contribution >= 4 is 0 Å². The zero-order valence-electron chi connectivity index (χ0n) is 16.1. The third kappa shape index (κ3) is 274. The summed E-state index contributed by atoms with van der Waals surface area (Å²) in [4.78, 5) is 18.0. The van der Waals surface area contributed by atoms with Crippen LogP contribution in [0.25, 0.3) is 10.4 Å². The van der Waals surface area contributed by atoms with Crippen molar-refractivity contribution in [3.05, 3.63) is 30.7 Å². The SMILES string of the molecule is CCCCCNN.CNC.NCCCCCN.O=[NH+][O-].O=[NH+][O-].[N-]=[N+]=N. The first kappa shape index (κ1) is 39.1. The van der Waals surface area contributed by atoms with Crippen molar-refractivity contribution in [2.24, 2.45) is 17.3 Å².